The van der Waals surface area contributed by atoms with Crippen LogP contribution in [0.2, 0.25) is 0 Å². The lowest BCUT2D eigenvalue weighted by Crippen LogP contribution is -2.10. The highest BCUT2D eigenvalue weighted by molar-refractivity contribution is 5.44. The molecular formula is C10H14N4. The molecule has 2 aromatic heterocycles. The van der Waals surface area contributed by atoms with Crippen LogP contribution in [0.1, 0.15) is 26.3 Å². The van der Waals surface area contributed by atoms with Crippen molar-refractivity contribution in [1.29, 1.82) is 0 Å². The summed E-state index contributed by atoms with van der Waals surface area (Å²) in [6.07, 6.45) is 6.07. The summed E-state index contributed by atoms with van der Waals surface area (Å²) < 4.78 is 1.71. The number of rotatable bonds is 1. The van der Waals surface area contributed by atoms with Crippen molar-refractivity contribution in [2.45, 2.75) is 27.2 Å². The summed E-state index contributed by atoms with van der Waals surface area (Å²) in [5.74, 6) is 0. The molecule has 0 aliphatic rings. The van der Waals surface area contributed by atoms with Crippen LogP contribution in [0.25, 0.3) is 5.65 Å². The fraction of sp³-hybridized carbons (Fsp3) is 0.500. The molecule has 4 heteroatoms. The second-order valence-corrected chi connectivity index (χ2v) is 4.68. The molecule has 14 heavy (non-hydrogen) atoms. The largest absolute Gasteiger partial charge is 0.244 e. The van der Waals surface area contributed by atoms with Crippen molar-refractivity contribution in [3.8, 4) is 0 Å². The first-order chi connectivity index (χ1) is 6.56. The predicted octanol–water partition coefficient (Wildman–Crippen LogP) is 1.71. The second kappa shape index (κ2) is 3.04. The van der Waals surface area contributed by atoms with Crippen LogP contribution >= 0.6 is 0 Å². The molecule has 4 nitrogen and oxygen atoms in total. The van der Waals surface area contributed by atoms with Crippen LogP contribution < -0.4 is 0 Å². The lowest BCUT2D eigenvalue weighted by atomic mass is 9.89. The molecule has 0 radical (unpaired) electrons. The van der Waals surface area contributed by atoms with Crippen LogP contribution in [0.5, 0.6) is 0 Å². The van der Waals surface area contributed by atoms with Gasteiger partial charge in [0.05, 0.1) is 0 Å². The monoisotopic (exact) mass is 190 g/mol. The molecule has 2 heterocycles. The zero-order chi connectivity index (χ0) is 10.2. The van der Waals surface area contributed by atoms with Gasteiger partial charge in [0.1, 0.15) is 12.7 Å². The van der Waals surface area contributed by atoms with Gasteiger partial charge >= 0.3 is 0 Å². The summed E-state index contributed by atoms with van der Waals surface area (Å²) in [4.78, 5) is 8.34. The molecule has 0 aliphatic heterocycles. The zero-order valence-electron chi connectivity index (χ0n) is 8.73. The van der Waals surface area contributed by atoms with Crippen molar-refractivity contribution in [1.82, 2.24) is 19.6 Å². The number of hydrogen-bond donors (Lipinski definition) is 0. The molecule has 0 bridgehead atoms. The van der Waals surface area contributed by atoms with E-state index < -0.39 is 0 Å². The Bertz CT molecular complexity index is 439. The van der Waals surface area contributed by atoms with Gasteiger partial charge in [-0.2, -0.15) is 5.10 Å². The van der Waals surface area contributed by atoms with Gasteiger partial charge in [-0.25, -0.2) is 14.5 Å². The van der Waals surface area contributed by atoms with E-state index in [-0.39, 0.29) is 5.41 Å². The number of hydrogen-bond acceptors (Lipinski definition) is 3. The van der Waals surface area contributed by atoms with E-state index in [0.29, 0.717) is 0 Å². The summed E-state index contributed by atoms with van der Waals surface area (Å²) >= 11 is 0. The minimum Gasteiger partial charge on any atom is -0.244 e. The lowest BCUT2D eigenvalue weighted by molar-refractivity contribution is 0.411. The molecule has 2 aromatic rings. The first-order valence-corrected chi connectivity index (χ1v) is 4.68. The molecule has 0 fully saturated rings. The topological polar surface area (TPSA) is 43.1 Å². The van der Waals surface area contributed by atoms with Crippen molar-refractivity contribution in [2.24, 2.45) is 5.41 Å². The van der Waals surface area contributed by atoms with Crippen LogP contribution in [0.3, 0.4) is 0 Å². The van der Waals surface area contributed by atoms with Gasteiger partial charge < -0.3 is 0 Å². The van der Waals surface area contributed by atoms with Crippen LogP contribution in [0.15, 0.2) is 18.9 Å². The lowest BCUT2D eigenvalue weighted by Gasteiger charge is -2.17. The van der Waals surface area contributed by atoms with Gasteiger partial charge in [0.25, 0.3) is 0 Å². The fourth-order valence-corrected chi connectivity index (χ4v) is 1.50. The molecule has 0 unspecified atom stereocenters. The van der Waals surface area contributed by atoms with E-state index in [4.69, 9.17) is 0 Å². The second-order valence-electron chi connectivity index (χ2n) is 4.68. The normalized spacial score (nSPS) is 12.2. The SMILES string of the molecule is CC(C)(C)Cc1cncn2ncnc12. The van der Waals surface area contributed by atoms with E-state index in [9.17, 15) is 0 Å². The minimum atomic E-state index is 0.246. The van der Waals surface area contributed by atoms with Gasteiger partial charge in [-0.3, -0.25) is 0 Å². The van der Waals surface area contributed by atoms with Crippen LogP contribution in [0, 0.1) is 5.41 Å². The molecule has 0 amide bonds. The number of aromatic nitrogens is 4. The van der Waals surface area contributed by atoms with E-state index >= 15 is 0 Å². The standard InChI is InChI=1S/C10H14N4/c1-10(2,3)4-8-5-11-7-14-9(8)12-6-13-14/h5-7H,4H2,1-3H3. The molecule has 0 atom stereocenters. The Kier molecular flexibility index (Phi) is 1.98. The molecular weight excluding hydrogens is 176 g/mol. The molecule has 74 valence electrons. The minimum absolute atomic E-state index is 0.246. The van der Waals surface area contributed by atoms with Gasteiger partial charge in [-0.1, -0.05) is 20.8 Å². The molecule has 0 aromatic carbocycles. The molecule has 0 saturated carbocycles. The average Bonchev–Trinajstić information content (AvgIpc) is 2.49. The van der Waals surface area contributed by atoms with E-state index in [2.05, 4.69) is 35.8 Å². The van der Waals surface area contributed by atoms with E-state index in [1.165, 1.54) is 0 Å². The molecule has 0 saturated heterocycles. The Morgan fingerprint density at radius 1 is 1.36 bits per heavy atom. The molecule has 0 N–H and O–H groups in total. The highest BCUT2D eigenvalue weighted by Gasteiger charge is 2.14. The van der Waals surface area contributed by atoms with Gasteiger partial charge in [-0.05, 0) is 11.8 Å². The Labute approximate surface area is 83.0 Å². The smallest absolute Gasteiger partial charge is 0.161 e. The first kappa shape index (κ1) is 9.12. The van der Waals surface area contributed by atoms with Gasteiger partial charge in [0, 0.05) is 11.8 Å². The van der Waals surface area contributed by atoms with Crippen LogP contribution in [-0.4, -0.2) is 19.6 Å². The maximum absolute atomic E-state index is 4.21. The summed E-state index contributed by atoms with van der Waals surface area (Å²) in [7, 11) is 0. The van der Waals surface area contributed by atoms with Crippen molar-refractivity contribution in [3.63, 3.8) is 0 Å². The van der Waals surface area contributed by atoms with Crippen LogP contribution in [0.4, 0.5) is 0 Å². The maximum atomic E-state index is 4.21. The number of fused-ring (bicyclic) bond motifs is 1. The Morgan fingerprint density at radius 3 is 2.86 bits per heavy atom. The van der Waals surface area contributed by atoms with Crippen molar-refractivity contribution in [2.75, 3.05) is 0 Å². The van der Waals surface area contributed by atoms with E-state index in [1.54, 1.807) is 17.2 Å². The summed E-state index contributed by atoms with van der Waals surface area (Å²) in [6, 6.07) is 0. The average molecular weight is 190 g/mol. The molecule has 0 aliphatic carbocycles. The zero-order valence-corrected chi connectivity index (χ0v) is 8.73. The quantitative estimate of drug-likeness (QED) is 0.687. The maximum Gasteiger partial charge on any atom is 0.161 e. The first-order valence-electron chi connectivity index (χ1n) is 4.68. The summed E-state index contributed by atoms with van der Waals surface area (Å²) in [5, 5.41) is 4.05. The molecule has 0 spiro atoms. The summed E-state index contributed by atoms with van der Waals surface area (Å²) in [6.45, 7) is 6.60. The van der Waals surface area contributed by atoms with Gasteiger partial charge in [0.15, 0.2) is 5.65 Å². The van der Waals surface area contributed by atoms with Crippen molar-refractivity contribution >= 4 is 5.65 Å². The van der Waals surface area contributed by atoms with Gasteiger partial charge in [-0.15, -0.1) is 0 Å². The Balaban J connectivity index is 2.46. The third-order valence-corrected chi connectivity index (χ3v) is 1.99. The third-order valence-electron chi connectivity index (χ3n) is 1.99. The summed E-state index contributed by atoms with van der Waals surface area (Å²) in [5.41, 5.74) is 2.31. The number of nitrogens with zero attached hydrogens (tertiary/aromatic N) is 4. The van der Waals surface area contributed by atoms with Crippen LogP contribution in [-0.2, 0) is 6.42 Å². The van der Waals surface area contributed by atoms with Crippen molar-refractivity contribution < 1.29 is 0 Å². The third kappa shape index (κ3) is 1.73. The van der Waals surface area contributed by atoms with Crippen molar-refractivity contribution in [3.05, 3.63) is 24.4 Å². The Hall–Kier alpha value is -1.45. The Morgan fingerprint density at radius 2 is 2.14 bits per heavy atom. The highest BCUT2D eigenvalue weighted by atomic mass is 15.3. The van der Waals surface area contributed by atoms with E-state index in [0.717, 1.165) is 17.6 Å². The predicted molar refractivity (Wildman–Crippen MR) is 53.9 cm³/mol. The van der Waals surface area contributed by atoms with Gasteiger partial charge in [0.2, 0.25) is 0 Å². The molecule has 2 rings (SSSR count). The fourth-order valence-electron chi connectivity index (χ4n) is 1.50. The van der Waals surface area contributed by atoms with E-state index in [1.807, 2.05) is 6.20 Å². The highest BCUT2D eigenvalue weighted by Crippen LogP contribution is 2.21.